The molecule has 1 N–H and O–H groups in total. The lowest BCUT2D eigenvalue weighted by Crippen LogP contribution is -2.06. The molecule has 0 atom stereocenters. The Bertz CT molecular complexity index is 1300. The Kier molecular flexibility index (Phi) is 11.2. The molecule has 0 unspecified atom stereocenters. The van der Waals surface area contributed by atoms with Crippen molar-refractivity contribution in [3.63, 3.8) is 0 Å². The maximum absolute atomic E-state index is 14.3. The van der Waals surface area contributed by atoms with Crippen LogP contribution in [0.1, 0.15) is 69.7 Å². The molecule has 0 aliphatic carbocycles. The van der Waals surface area contributed by atoms with Crippen LogP contribution < -0.4 is 0 Å². The van der Waals surface area contributed by atoms with Crippen molar-refractivity contribution < 1.29 is 23.8 Å². The van der Waals surface area contributed by atoms with Crippen LogP contribution >= 0.6 is 93.1 Å². The summed E-state index contributed by atoms with van der Waals surface area (Å²) in [5.41, 5.74) is 0. The number of halogens is 4. The fourth-order valence-corrected chi connectivity index (χ4v) is 10.9. The van der Waals surface area contributed by atoms with Crippen LogP contribution in [0.5, 0.6) is 0 Å². The van der Waals surface area contributed by atoms with Gasteiger partial charge in [-0.15, -0.1) is 45.3 Å². The highest BCUT2D eigenvalue weighted by Gasteiger charge is 2.24. The van der Waals surface area contributed by atoms with E-state index in [1.165, 1.54) is 46.8 Å². The second-order valence-corrected chi connectivity index (χ2v) is 15.9. The van der Waals surface area contributed by atoms with Crippen LogP contribution in [0.2, 0.25) is 0 Å². The Morgan fingerprint density at radius 2 is 1.63 bits per heavy atom. The number of carboxylic acid groups (broad SMARTS) is 1. The molecule has 0 fully saturated rings. The van der Waals surface area contributed by atoms with Crippen LogP contribution in [0.4, 0.5) is 4.39 Å². The molecule has 0 radical (unpaired) electrons. The quantitative estimate of drug-likeness (QED) is 0.137. The Morgan fingerprint density at radius 3 is 2.26 bits per heavy atom. The van der Waals surface area contributed by atoms with E-state index in [-0.39, 0.29) is 4.88 Å². The third kappa shape index (κ3) is 7.14. The highest BCUT2D eigenvalue weighted by Crippen LogP contribution is 2.46. The maximum Gasteiger partial charge on any atom is 0.351 e. The lowest BCUT2D eigenvalue weighted by molar-refractivity contribution is 0.0498. The number of thiophene rings is 4. The van der Waals surface area contributed by atoms with Gasteiger partial charge in [-0.2, -0.15) is 0 Å². The number of esters is 1. The van der Waals surface area contributed by atoms with E-state index in [2.05, 4.69) is 54.7 Å². The standard InChI is InChI=1S/C15H17Br2FO2S2.C8H5BrO2S2/c1-2-3-4-5-6-7-8-20-15(19)12-10(18)9-11(21-12)14(17)22-13(9)16;1-3-6-4(7(9)12-3)2-5(13-6)8(10)11/h2-8H2,1H3;2H,1H3,(H,10,11). The summed E-state index contributed by atoms with van der Waals surface area (Å²) in [5.74, 6) is -1.89. The molecule has 4 heterocycles. The van der Waals surface area contributed by atoms with Crippen LogP contribution in [0.15, 0.2) is 17.4 Å². The predicted molar refractivity (Wildman–Crippen MR) is 158 cm³/mol. The van der Waals surface area contributed by atoms with Gasteiger partial charge in [-0.05, 0) is 67.2 Å². The number of carbonyl (C=O) groups is 2. The fraction of sp³-hybridized carbons (Fsp3) is 0.391. The average molecular weight is 749 g/mol. The van der Waals surface area contributed by atoms with Gasteiger partial charge in [-0.3, -0.25) is 0 Å². The number of aromatic carboxylic acids is 1. The number of hydrogen-bond acceptors (Lipinski definition) is 7. The first-order valence-electron chi connectivity index (χ1n) is 10.8. The van der Waals surface area contributed by atoms with E-state index in [0.29, 0.717) is 20.7 Å². The van der Waals surface area contributed by atoms with Gasteiger partial charge in [0.2, 0.25) is 0 Å². The number of ether oxygens (including phenoxy) is 1. The van der Waals surface area contributed by atoms with Gasteiger partial charge in [-0.25, -0.2) is 14.0 Å². The Balaban J connectivity index is 0.000000223. The van der Waals surface area contributed by atoms with E-state index >= 15 is 0 Å². The minimum absolute atomic E-state index is 0.0604. The maximum atomic E-state index is 14.3. The second-order valence-electron chi connectivity index (χ2n) is 7.59. The number of carboxylic acids is 1. The van der Waals surface area contributed by atoms with Gasteiger partial charge in [0, 0.05) is 15.0 Å². The summed E-state index contributed by atoms with van der Waals surface area (Å²) in [7, 11) is 0. The normalized spacial score (nSPS) is 11.1. The molecule has 190 valence electrons. The van der Waals surface area contributed by atoms with E-state index in [9.17, 15) is 14.0 Å². The molecule has 0 amide bonds. The molecule has 4 rings (SSSR count). The minimum atomic E-state index is -0.850. The zero-order chi connectivity index (χ0) is 25.7. The van der Waals surface area contributed by atoms with Crippen molar-refractivity contribution in [2.24, 2.45) is 0 Å². The largest absolute Gasteiger partial charge is 0.477 e. The van der Waals surface area contributed by atoms with Crippen molar-refractivity contribution >= 4 is 125 Å². The molecule has 0 bridgehead atoms. The molecule has 0 saturated carbocycles. The fourth-order valence-electron chi connectivity index (χ4n) is 3.28. The van der Waals surface area contributed by atoms with E-state index in [1.807, 2.05) is 6.92 Å². The van der Waals surface area contributed by atoms with Gasteiger partial charge >= 0.3 is 11.9 Å². The molecule has 12 heteroatoms. The summed E-state index contributed by atoms with van der Waals surface area (Å²) in [6, 6.07) is 1.72. The van der Waals surface area contributed by atoms with Gasteiger partial charge in [-0.1, -0.05) is 39.0 Å². The summed E-state index contributed by atoms with van der Waals surface area (Å²) < 4.78 is 23.9. The van der Waals surface area contributed by atoms with Gasteiger partial charge in [0.1, 0.15) is 9.75 Å². The first-order chi connectivity index (χ1) is 16.6. The number of carbonyl (C=O) groups excluding carboxylic acids is 1. The van der Waals surface area contributed by atoms with Crippen LogP contribution in [0.25, 0.3) is 20.2 Å². The number of hydrogen-bond donors (Lipinski definition) is 1. The van der Waals surface area contributed by atoms with E-state index in [1.54, 1.807) is 17.4 Å². The third-order valence-electron chi connectivity index (χ3n) is 5.04. The van der Waals surface area contributed by atoms with Crippen molar-refractivity contribution in [1.29, 1.82) is 0 Å². The molecule has 0 saturated heterocycles. The summed E-state index contributed by atoms with van der Waals surface area (Å²) in [6.45, 7) is 4.54. The molecule has 0 aromatic carbocycles. The Morgan fingerprint density at radius 1 is 0.943 bits per heavy atom. The molecule has 0 aliphatic rings. The monoisotopic (exact) mass is 746 g/mol. The Hall–Kier alpha value is -0.370. The topological polar surface area (TPSA) is 63.6 Å². The molecule has 4 nitrogen and oxygen atoms in total. The third-order valence-corrected chi connectivity index (χ3v) is 12.3. The van der Waals surface area contributed by atoms with Gasteiger partial charge in [0.15, 0.2) is 5.82 Å². The van der Waals surface area contributed by atoms with Crippen molar-refractivity contribution in [3.05, 3.63) is 37.9 Å². The molecule has 35 heavy (non-hydrogen) atoms. The number of unbranched alkanes of at least 4 members (excludes halogenated alkanes) is 5. The van der Waals surface area contributed by atoms with Crippen LogP contribution in [-0.4, -0.2) is 23.7 Å². The number of fused-ring (bicyclic) bond motifs is 2. The van der Waals surface area contributed by atoms with Crippen molar-refractivity contribution in [2.45, 2.75) is 52.4 Å². The molecule has 4 aromatic heterocycles. The van der Waals surface area contributed by atoms with Gasteiger partial charge < -0.3 is 9.84 Å². The first-order valence-corrected chi connectivity index (χ1v) is 16.4. The number of aryl methyl sites for hydroxylation is 1. The van der Waals surface area contributed by atoms with Gasteiger partial charge in [0.05, 0.1) is 28.1 Å². The smallest absolute Gasteiger partial charge is 0.351 e. The molecule has 0 spiro atoms. The van der Waals surface area contributed by atoms with Gasteiger partial charge in [0.25, 0.3) is 0 Å². The van der Waals surface area contributed by atoms with Crippen molar-refractivity contribution in [3.8, 4) is 0 Å². The minimum Gasteiger partial charge on any atom is -0.477 e. The lowest BCUT2D eigenvalue weighted by Gasteiger charge is -2.03. The predicted octanol–water partition coefficient (Wildman–Crippen LogP) is 10.9. The highest BCUT2D eigenvalue weighted by atomic mass is 79.9. The summed E-state index contributed by atoms with van der Waals surface area (Å²) in [6.07, 6.45) is 6.74. The molecule has 0 aliphatic heterocycles. The van der Waals surface area contributed by atoms with E-state index in [4.69, 9.17) is 9.84 Å². The van der Waals surface area contributed by atoms with E-state index in [0.717, 1.165) is 53.0 Å². The number of rotatable bonds is 9. The van der Waals surface area contributed by atoms with Crippen LogP contribution in [0.3, 0.4) is 0 Å². The molecular formula is C23H22Br3FO4S4. The van der Waals surface area contributed by atoms with Crippen molar-refractivity contribution in [1.82, 2.24) is 0 Å². The SMILES string of the molecule is CCCCCCCCOC(=O)c1sc2c(Br)sc(Br)c2c1F.Cc1sc(Br)c2cc(C(=O)O)sc12. The summed E-state index contributed by atoms with van der Waals surface area (Å²) >= 11 is 15.7. The second kappa shape index (κ2) is 13.4. The van der Waals surface area contributed by atoms with Crippen molar-refractivity contribution in [2.75, 3.05) is 6.61 Å². The zero-order valence-electron chi connectivity index (χ0n) is 18.8. The average Bonchev–Trinajstić information content (AvgIpc) is 3.53. The van der Waals surface area contributed by atoms with E-state index < -0.39 is 17.8 Å². The summed E-state index contributed by atoms with van der Waals surface area (Å²) in [4.78, 5) is 24.3. The highest BCUT2D eigenvalue weighted by molar-refractivity contribution is 9.12. The lowest BCUT2D eigenvalue weighted by atomic mass is 10.1. The van der Waals surface area contributed by atoms with Crippen LogP contribution in [0, 0.1) is 12.7 Å². The zero-order valence-corrected chi connectivity index (χ0v) is 26.9. The molecular weight excluding hydrogens is 727 g/mol. The first kappa shape index (κ1) is 29.2. The summed E-state index contributed by atoms with van der Waals surface area (Å²) in [5, 5.41) is 10.3. The van der Waals surface area contributed by atoms with Crippen LogP contribution in [-0.2, 0) is 4.74 Å². The molecule has 4 aromatic rings. The Labute approximate surface area is 243 Å².